The molecule has 5 aromatic rings. The lowest BCUT2D eigenvalue weighted by Crippen LogP contribution is -2.47. The van der Waals surface area contributed by atoms with Crippen LogP contribution in [0.4, 0.5) is 17.2 Å². The van der Waals surface area contributed by atoms with Gasteiger partial charge in [-0.05, 0) is 68.1 Å². The number of aryl methyl sites for hydroxylation is 1. The topological polar surface area (TPSA) is 176 Å². The van der Waals surface area contributed by atoms with Crippen molar-refractivity contribution in [1.82, 2.24) is 29.4 Å². The SMILES string of the molecule is COc1cc(N)c(C=N)cc1C(=O)Nc1cnc2cccnn12.Cc1cn(C2CCC(=O)NC2=O)c2cccc(N3CCN(CCC4CCCCC4)CC3)c12. The molecule has 3 fully saturated rings. The maximum Gasteiger partial charge on any atom is 0.260 e. The minimum atomic E-state index is -0.405. The number of methoxy groups -OCH3 is 1. The Labute approximate surface area is 320 Å². The van der Waals surface area contributed by atoms with Gasteiger partial charge in [0, 0.05) is 79.6 Å². The third kappa shape index (κ3) is 8.19. The molecule has 0 spiro atoms. The van der Waals surface area contributed by atoms with Gasteiger partial charge in [0.1, 0.15) is 11.8 Å². The smallest absolute Gasteiger partial charge is 0.260 e. The Morgan fingerprint density at radius 1 is 1.07 bits per heavy atom. The number of piperidine rings is 1. The highest BCUT2D eigenvalue weighted by atomic mass is 16.5. The summed E-state index contributed by atoms with van der Waals surface area (Å²) in [6.07, 6.45) is 15.8. The summed E-state index contributed by atoms with van der Waals surface area (Å²) in [5, 5.41) is 18.0. The lowest BCUT2D eigenvalue weighted by Gasteiger charge is -2.37. The van der Waals surface area contributed by atoms with Gasteiger partial charge in [0.15, 0.2) is 11.5 Å². The Balaban J connectivity index is 0.000000179. The van der Waals surface area contributed by atoms with Gasteiger partial charge in [-0.15, -0.1) is 0 Å². The number of hydrogen-bond donors (Lipinski definition) is 4. The Morgan fingerprint density at radius 2 is 1.87 bits per heavy atom. The van der Waals surface area contributed by atoms with E-state index in [9.17, 15) is 14.4 Å². The largest absolute Gasteiger partial charge is 0.496 e. The van der Waals surface area contributed by atoms with Crippen LogP contribution in [0, 0.1) is 18.3 Å². The molecule has 3 aliphatic rings. The number of piperazine rings is 1. The summed E-state index contributed by atoms with van der Waals surface area (Å²) < 4.78 is 8.79. The fraction of sp³-hybridized carbons (Fsp3) is 0.415. The fourth-order valence-corrected chi connectivity index (χ4v) is 8.19. The molecule has 8 rings (SSSR count). The Morgan fingerprint density at radius 3 is 2.62 bits per heavy atom. The van der Waals surface area contributed by atoms with E-state index in [1.54, 1.807) is 18.3 Å². The van der Waals surface area contributed by atoms with Crippen LogP contribution in [0.25, 0.3) is 16.6 Å². The van der Waals surface area contributed by atoms with Crippen LogP contribution in [0.15, 0.2) is 61.1 Å². The van der Waals surface area contributed by atoms with Crippen LogP contribution in [0.5, 0.6) is 5.75 Å². The number of rotatable bonds is 9. The van der Waals surface area contributed by atoms with E-state index in [0.717, 1.165) is 43.8 Å². The number of benzene rings is 2. The highest BCUT2D eigenvalue weighted by Crippen LogP contribution is 2.35. The molecule has 1 aliphatic carbocycles. The number of aromatic nitrogens is 4. The number of carbonyl (C=O) groups is 3. The van der Waals surface area contributed by atoms with E-state index in [-0.39, 0.29) is 23.4 Å². The first kappa shape index (κ1) is 37.6. The summed E-state index contributed by atoms with van der Waals surface area (Å²) in [5.41, 5.74) is 11.1. The molecule has 3 aromatic heterocycles. The summed E-state index contributed by atoms with van der Waals surface area (Å²) in [4.78, 5) is 45.9. The average Bonchev–Trinajstić information content (AvgIpc) is 3.77. The second-order valence-electron chi connectivity index (χ2n) is 14.7. The van der Waals surface area contributed by atoms with Crippen molar-refractivity contribution in [3.05, 3.63) is 77.7 Å². The lowest BCUT2D eigenvalue weighted by atomic mass is 9.87. The Kier molecular flexibility index (Phi) is 11.4. The number of fused-ring (bicyclic) bond motifs is 2. The molecular weight excluding hydrogens is 697 g/mol. The monoisotopic (exact) mass is 746 g/mol. The van der Waals surface area contributed by atoms with E-state index < -0.39 is 5.91 Å². The number of hydrogen-bond acceptors (Lipinski definition) is 10. The second-order valence-corrected chi connectivity index (χ2v) is 14.7. The predicted octanol–water partition coefficient (Wildman–Crippen LogP) is 5.59. The van der Waals surface area contributed by atoms with Crippen LogP contribution in [0.2, 0.25) is 0 Å². The second kappa shape index (κ2) is 16.7. The third-order valence-electron chi connectivity index (χ3n) is 11.2. The van der Waals surface area contributed by atoms with Crippen molar-refractivity contribution in [3.8, 4) is 5.75 Å². The number of nitrogens with two attached hydrogens (primary N) is 1. The zero-order chi connectivity index (χ0) is 38.5. The van der Waals surface area contributed by atoms with Gasteiger partial charge < -0.3 is 30.7 Å². The molecular formula is C41H50N10O4. The van der Waals surface area contributed by atoms with Crippen molar-refractivity contribution in [3.63, 3.8) is 0 Å². The molecule has 0 radical (unpaired) electrons. The van der Waals surface area contributed by atoms with E-state index in [2.05, 4.69) is 66.4 Å². The van der Waals surface area contributed by atoms with Crippen LogP contribution in [0.3, 0.4) is 0 Å². The predicted molar refractivity (Wildman–Crippen MR) is 214 cm³/mol. The number of nitrogen functional groups attached to an aromatic ring is 1. The maximum absolute atomic E-state index is 12.5. The number of ether oxygens (including phenoxy) is 1. The van der Waals surface area contributed by atoms with E-state index in [0.29, 0.717) is 41.3 Å². The molecule has 5 heterocycles. The molecule has 288 valence electrons. The number of imide groups is 1. The number of imidazole rings is 1. The molecule has 2 aliphatic heterocycles. The number of amides is 3. The molecule has 1 saturated carbocycles. The van der Waals surface area contributed by atoms with E-state index >= 15 is 0 Å². The summed E-state index contributed by atoms with van der Waals surface area (Å²) in [7, 11) is 1.45. The van der Waals surface area contributed by atoms with Gasteiger partial charge in [-0.25, -0.2) is 4.98 Å². The molecule has 3 amide bonds. The highest BCUT2D eigenvalue weighted by molar-refractivity contribution is 6.07. The van der Waals surface area contributed by atoms with Gasteiger partial charge in [0.05, 0.1) is 24.4 Å². The van der Waals surface area contributed by atoms with Gasteiger partial charge in [0.2, 0.25) is 11.8 Å². The number of anilines is 3. The zero-order valence-corrected chi connectivity index (χ0v) is 31.6. The number of carbonyl (C=O) groups excluding carboxylic acids is 3. The fourth-order valence-electron chi connectivity index (χ4n) is 8.19. The summed E-state index contributed by atoms with van der Waals surface area (Å²) in [6, 6.07) is 12.7. The molecule has 0 bridgehead atoms. The Hall–Kier alpha value is -5.76. The Bertz CT molecular complexity index is 2200. The van der Waals surface area contributed by atoms with E-state index in [4.69, 9.17) is 15.9 Å². The standard InChI is InChI=1S/C26H36N4O2.C15H14N6O2/c1-19-18-30(23-10-11-24(31)27-26(23)32)22-9-5-8-21(25(19)22)29-16-14-28(15-17-29)13-12-20-6-3-2-4-7-20;1-23-12-6-11(17)9(7-16)5-10(12)15(22)20-14-8-18-13-3-2-4-19-21(13)14/h5,8-9,18,20,23H,2-4,6-7,10-17H2,1H3,(H,27,31,32);2-8,16H,17H2,1H3,(H,20,22). The molecule has 55 heavy (non-hydrogen) atoms. The quantitative estimate of drug-likeness (QED) is 0.0851. The van der Waals surface area contributed by atoms with Crippen molar-refractivity contribution >= 4 is 57.7 Å². The average molecular weight is 747 g/mol. The van der Waals surface area contributed by atoms with Gasteiger partial charge in [-0.2, -0.15) is 9.61 Å². The lowest BCUT2D eigenvalue weighted by molar-refractivity contribution is -0.135. The molecule has 14 nitrogen and oxygen atoms in total. The first-order valence-corrected chi connectivity index (χ1v) is 19.2. The summed E-state index contributed by atoms with van der Waals surface area (Å²) in [6.45, 7) is 7.72. The summed E-state index contributed by atoms with van der Waals surface area (Å²) >= 11 is 0. The van der Waals surface area contributed by atoms with Crippen molar-refractivity contribution in [2.75, 3.05) is 55.8 Å². The minimum absolute atomic E-state index is 0.165. The normalized spacial score (nSPS) is 18.1. The maximum atomic E-state index is 12.5. The molecule has 1 atom stereocenters. The molecule has 2 saturated heterocycles. The van der Waals surface area contributed by atoms with E-state index in [1.165, 1.54) is 91.7 Å². The van der Waals surface area contributed by atoms with Gasteiger partial charge in [-0.3, -0.25) is 24.6 Å². The van der Waals surface area contributed by atoms with Gasteiger partial charge in [-0.1, -0.05) is 38.2 Å². The molecule has 14 heteroatoms. The molecule has 1 unspecified atom stereocenters. The van der Waals surface area contributed by atoms with Crippen LogP contribution < -0.4 is 26.0 Å². The van der Waals surface area contributed by atoms with Crippen LogP contribution in [0.1, 0.15) is 78.9 Å². The summed E-state index contributed by atoms with van der Waals surface area (Å²) in [5.74, 6) is 0.951. The van der Waals surface area contributed by atoms with Crippen molar-refractivity contribution < 1.29 is 19.1 Å². The van der Waals surface area contributed by atoms with Crippen molar-refractivity contribution in [2.24, 2.45) is 5.92 Å². The van der Waals surface area contributed by atoms with Crippen LogP contribution >= 0.6 is 0 Å². The number of nitrogens with one attached hydrogen (secondary N) is 3. The number of nitrogens with zero attached hydrogens (tertiary/aromatic N) is 6. The van der Waals surface area contributed by atoms with Gasteiger partial charge in [0.25, 0.3) is 5.91 Å². The van der Waals surface area contributed by atoms with Crippen LogP contribution in [-0.2, 0) is 9.59 Å². The van der Waals surface area contributed by atoms with Crippen molar-refractivity contribution in [2.45, 2.75) is 64.3 Å². The third-order valence-corrected chi connectivity index (χ3v) is 11.2. The first-order valence-electron chi connectivity index (χ1n) is 19.2. The van der Waals surface area contributed by atoms with Gasteiger partial charge >= 0.3 is 0 Å². The zero-order valence-electron chi connectivity index (χ0n) is 31.6. The van der Waals surface area contributed by atoms with E-state index in [1.807, 2.05) is 0 Å². The highest BCUT2D eigenvalue weighted by Gasteiger charge is 2.30. The van der Waals surface area contributed by atoms with Crippen molar-refractivity contribution in [1.29, 1.82) is 5.41 Å². The molecule has 2 aromatic carbocycles. The minimum Gasteiger partial charge on any atom is -0.496 e. The molecule has 5 N–H and O–H groups in total. The van der Waals surface area contributed by atoms with Crippen LogP contribution in [-0.4, -0.2) is 87.8 Å². The first-order chi connectivity index (χ1) is 26.7.